The molecule has 5 nitrogen and oxygen atoms in total. The van der Waals surface area contributed by atoms with E-state index >= 15 is 0 Å². The molecule has 2 aliphatic heterocycles. The topological polar surface area (TPSA) is 41.0 Å². The Balaban J connectivity index is 1.15. The molecule has 0 saturated carbocycles. The quantitative estimate of drug-likeness (QED) is 0.179. The monoisotopic (exact) mass is 708 g/mol. The molecule has 0 radical (unpaired) electrons. The van der Waals surface area contributed by atoms with E-state index in [0.29, 0.717) is 0 Å². The zero-order valence-electron chi connectivity index (χ0n) is 32.9. The Morgan fingerprint density at radius 1 is 0.630 bits per heavy atom. The van der Waals surface area contributed by atoms with Crippen LogP contribution in [-0.4, -0.2) is 16.4 Å². The van der Waals surface area contributed by atoms with Gasteiger partial charge in [-0.15, -0.1) is 0 Å². The van der Waals surface area contributed by atoms with Crippen molar-refractivity contribution in [3.8, 4) is 11.5 Å². The predicted molar refractivity (Wildman–Crippen MR) is 223 cm³/mol. The van der Waals surface area contributed by atoms with Crippen LogP contribution in [0.4, 0.5) is 22.9 Å². The summed E-state index contributed by atoms with van der Waals surface area (Å²) in [5, 5.41) is 0. The van der Waals surface area contributed by atoms with Crippen LogP contribution < -0.4 is 14.5 Å². The van der Waals surface area contributed by atoms with Gasteiger partial charge in [0.05, 0.1) is 22.5 Å². The highest BCUT2D eigenvalue weighted by atomic mass is 16.5. The third kappa shape index (κ3) is 4.97. The third-order valence-electron chi connectivity index (χ3n) is 12.3. The van der Waals surface area contributed by atoms with Gasteiger partial charge in [-0.1, -0.05) is 80.1 Å². The number of pyridine rings is 1. The average Bonchev–Trinajstić information content (AvgIpc) is 3.48. The summed E-state index contributed by atoms with van der Waals surface area (Å²) in [6.45, 7) is 20.2. The molecule has 6 aromatic rings. The van der Waals surface area contributed by atoms with Gasteiger partial charge in [0.25, 0.3) is 0 Å². The van der Waals surface area contributed by atoms with Crippen LogP contribution in [0.5, 0.6) is 11.5 Å². The van der Waals surface area contributed by atoms with Crippen molar-refractivity contribution in [2.75, 3.05) is 9.80 Å². The first kappa shape index (κ1) is 34.1. The third-order valence-corrected chi connectivity index (χ3v) is 12.3. The van der Waals surface area contributed by atoms with Crippen LogP contribution in [0.2, 0.25) is 0 Å². The van der Waals surface area contributed by atoms with Crippen LogP contribution in [0.1, 0.15) is 83.3 Å². The van der Waals surface area contributed by atoms with E-state index in [1.165, 1.54) is 44.6 Å². The smallest absolute Gasteiger partial charge is 0.141 e. The molecule has 3 heterocycles. The Morgan fingerprint density at radius 2 is 1.26 bits per heavy atom. The summed E-state index contributed by atoms with van der Waals surface area (Å²) in [7, 11) is 0. The molecule has 54 heavy (non-hydrogen) atoms. The van der Waals surface area contributed by atoms with Gasteiger partial charge in [0.15, 0.2) is 0 Å². The Labute approximate surface area is 320 Å². The molecule has 5 heteroatoms. The highest BCUT2D eigenvalue weighted by Crippen LogP contribution is 2.57. The molecular formula is C49H48N4O. The lowest BCUT2D eigenvalue weighted by atomic mass is 9.74. The lowest BCUT2D eigenvalue weighted by molar-refractivity contribution is 0.321. The number of aromatic nitrogens is 1. The van der Waals surface area contributed by atoms with Gasteiger partial charge in [-0.05, 0) is 130 Å². The first-order valence-corrected chi connectivity index (χ1v) is 19.1. The maximum absolute atomic E-state index is 6.87. The Kier molecular flexibility index (Phi) is 7.52. The van der Waals surface area contributed by atoms with Gasteiger partial charge in [-0.2, -0.15) is 0 Å². The Hall–Kier alpha value is -5.68. The minimum absolute atomic E-state index is 0.182. The molecule has 2 atom stereocenters. The van der Waals surface area contributed by atoms with Gasteiger partial charge in [0, 0.05) is 40.9 Å². The fraction of sp³-hybridized carbons (Fsp3) is 0.265. The van der Waals surface area contributed by atoms with Crippen LogP contribution in [0.3, 0.4) is 0 Å². The molecule has 1 aliphatic carbocycles. The number of amidine groups is 1. The Morgan fingerprint density at radius 3 is 2.02 bits per heavy atom. The SMILES string of the molecule is Cc1cc(Oc2cc(C)cc(N3c4ccccc4C(C)(C)c4cccnc43)c2)cc(C2=N[C@]3(C)Cc4ccccc4[C@]3(C)N2c2c(C)cc(C)cc2C)c1. The van der Waals surface area contributed by atoms with Gasteiger partial charge in [0.1, 0.15) is 23.2 Å². The van der Waals surface area contributed by atoms with Crippen LogP contribution in [0, 0.1) is 34.6 Å². The van der Waals surface area contributed by atoms with Gasteiger partial charge in [-0.3, -0.25) is 9.89 Å². The van der Waals surface area contributed by atoms with E-state index in [1.54, 1.807) is 0 Å². The summed E-state index contributed by atoms with van der Waals surface area (Å²) in [5.74, 6) is 3.50. The number of benzene rings is 5. The van der Waals surface area contributed by atoms with E-state index < -0.39 is 0 Å². The van der Waals surface area contributed by atoms with Gasteiger partial charge in [-0.25, -0.2) is 4.98 Å². The van der Waals surface area contributed by atoms with E-state index in [4.69, 9.17) is 14.7 Å². The second-order valence-electron chi connectivity index (χ2n) is 16.7. The molecule has 3 aliphatic rings. The van der Waals surface area contributed by atoms with E-state index in [-0.39, 0.29) is 16.5 Å². The van der Waals surface area contributed by atoms with Crippen molar-refractivity contribution in [2.45, 2.75) is 85.2 Å². The molecule has 0 fully saturated rings. The van der Waals surface area contributed by atoms with E-state index in [9.17, 15) is 0 Å². The molecule has 9 rings (SSSR count). The van der Waals surface area contributed by atoms with Crippen LogP contribution in [0.15, 0.2) is 120 Å². The zero-order chi connectivity index (χ0) is 37.7. The molecule has 0 bridgehead atoms. The zero-order valence-corrected chi connectivity index (χ0v) is 32.9. The normalized spacial score (nSPS) is 20.6. The number of nitrogens with zero attached hydrogens (tertiary/aromatic N) is 4. The summed E-state index contributed by atoms with van der Waals surface area (Å²) in [6.07, 6.45) is 2.78. The van der Waals surface area contributed by atoms with Crippen molar-refractivity contribution in [2.24, 2.45) is 4.99 Å². The maximum atomic E-state index is 6.87. The fourth-order valence-corrected chi connectivity index (χ4v) is 9.81. The van der Waals surface area contributed by atoms with Crippen molar-refractivity contribution < 1.29 is 4.74 Å². The van der Waals surface area contributed by atoms with Crippen molar-refractivity contribution in [3.05, 3.63) is 171 Å². The van der Waals surface area contributed by atoms with Crippen LogP contribution in [-0.2, 0) is 17.4 Å². The second-order valence-corrected chi connectivity index (χ2v) is 16.7. The summed E-state index contributed by atoms with van der Waals surface area (Å²) < 4.78 is 6.87. The van der Waals surface area contributed by atoms with E-state index in [1.807, 2.05) is 12.3 Å². The van der Waals surface area contributed by atoms with Crippen LogP contribution in [0.25, 0.3) is 0 Å². The molecular weight excluding hydrogens is 661 g/mol. The highest BCUT2D eigenvalue weighted by molar-refractivity contribution is 6.14. The first-order chi connectivity index (χ1) is 25.8. The number of para-hydroxylation sites is 1. The standard InChI is InChI=1S/C49H48N4O/c1-30-21-33(4)44(34(5)22-30)53-45(51-48(8)29-35-15-10-11-16-40(35)49(48,53)9)36-23-31(2)25-38(27-36)54-39-26-32(3)24-37(28-39)52-43-19-13-12-17-41(43)47(6,7)42-18-14-20-50-46(42)52/h10-28H,29H2,1-9H3/t48-,49+/m1/s1. The number of hydrogen-bond acceptors (Lipinski definition) is 5. The molecule has 0 saturated heterocycles. The van der Waals surface area contributed by atoms with Crippen molar-refractivity contribution >= 4 is 28.7 Å². The molecule has 0 amide bonds. The number of aryl methyl sites for hydroxylation is 5. The maximum Gasteiger partial charge on any atom is 0.141 e. The number of anilines is 4. The number of aliphatic imine (C=N–C) groups is 1. The molecule has 0 spiro atoms. The molecule has 0 N–H and O–H groups in total. The van der Waals surface area contributed by atoms with Gasteiger partial charge in [0.2, 0.25) is 0 Å². The Bertz CT molecular complexity index is 2480. The summed E-state index contributed by atoms with van der Waals surface area (Å²) in [6, 6.07) is 39.5. The van der Waals surface area contributed by atoms with Crippen molar-refractivity contribution in [1.29, 1.82) is 0 Å². The molecule has 270 valence electrons. The fourth-order valence-electron chi connectivity index (χ4n) is 9.81. The van der Waals surface area contributed by atoms with E-state index in [2.05, 4.69) is 175 Å². The minimum Gasteiger partial charge on any atom is -0.457 e. The van der Waals surface area contributed by atoms with Gasteiger partial charge >= 0.3 is 0 Å². The highest BCUT2D eigenvalue weighted by Gasteiger charge is 2.61. The average molecular weight is 709 g/mol. The second kappa shape index (κ2) is 11.9. The number of hydrogen-bond donors (Lipinski definition) is 0. The molecule has 5 aromatic carbocycles. The van der Waals surface area contributed by atoms with Crippen molar-refractivity contribution in [1.82, 2.24) is 4.98 Å². The minimum atomic E-state index is -0.371. The molecule has 1 aromatic heterocycles. The lowest BCUT2D eigenvalue weighted by Gasteiger charge is -2.43. The summed E-state index contributed by atoms with van der Waals surface area (Å²) >= 11 is 0. The first-order valence-electron chi connectivity index (χ1n) is 19.1. The lowest BCUT2D eigenvalue weighted by Crippen LogP contribution is -2.52. The summed E-state index contributed by atoms with van der Waals surface area (Å²) in [4.78, 5) is 15.5. The number of rotatable bonds is 5. The van der Waals surface area contributed by atoms with Crippen molar-refractivity contribution in [3.63, 3.8) is 0 Å². The molecule has 0 unspecified atom stereocenters. The predicted octanol–water partition coefficient (Wildman–Crippen LogP) is 12.0. The summed E-state index contributed by atoms with van der Waals surface area (Å²) in [5.41, 5.74) is 14.7. The number of ether oxygens (including phenoxy) is 1. The van der Waals surface area contributed by atoms with E-state index in [0.717, 1.165) is 57.6 Å². The van der Waals surface area contributed by atoms with Crippen LogP contribution >= 0.6 is 0 Å². The largest absolute Gasteiger partial charge is 0.457 e. The number of fused-ring (bicyclic) bond motifs is 5. The van der Waals surface area contributed by atoms with Gasteiger partial charge < -0.3 is 9.64 Å².